The highest BCUT2D eigenvalue weighted by molar-refractivity contribution is 5.70. The molecule has 0 radical (unpaired) electrons. The van der Waals surface area contributed by atoms with Gasteiger partial charge in [-0.25, -0.2) is 4.90 Å². The number of esters is 3. The van der Waals surface area contributed by atoms with Gasteiger partial charge < -0.3 is 14.2 Å². The van der Waals surface area contributed by atoms with E-state index in [1.165, 1.54) is 161 Å². The molecule has 51 heavy (non-hydrogen) atoms. The van der Waals surface area contributed by atoms with Crippen molar-refractivity contribution < 1.29 is 28.6 Å². The lowest BCUT2D eigenvalue weighted by Crippen LogP contribution is -2.45. The molecule has 0 aromatic rings. The van der Waals surface area contributed by atoms with Crippen LogP contribution in [0.3, 0.4) is 0 Å². The number of rotatable bonds is 39. The van der Waals surface area contributed by atoms with Crippen LogP contribution in [-0.4, -0.2) is 48.9 Å². The second kappa shape index (κ2) is 38.1. The molecule has 0 aromatic heterocycles. The van der Waals surface area contributed by atoms with Gasteiger partial charge in [-0.1, -0.05) is 194 Å². The van der Waals surface area contributed by atoms with Crippen molar-refractivity contribution in [2.24, 2.45) is 0 Å². The molecule has 302 valence electrons. The number of nitrogens with zero attached hydrogens (tertiary/aromatic N) is 1. The van der Waals surface area contributed by atoms with Gasteiger partial charge >= 0.3 is 17.9 Å². The van der Waals surface area contributed by atoms with Crippen LogP contribution in [0.5, 0.6) is 0 Å². The van der Waals surface area contributed by atoms with Gasteiger partial charge in [0, 0.05) is 19.4 Å². The molecule has 2 atom stereocenters. The number of hydrogen-bond donors (Lipinski definition) is 0. The second-order valence-corrected chi connectivity index (χ2v) is 15.1. The average molecular weight is 724 g/mol. The van der Waals surface area contributed by atoms with Gasteiger partial charge in [0.2, 0.25) is 0 Å². The fraction of sp³-hybridized carbons (Fsp3) is 0.932. The van der Waals surface area contributed by atoms with Crippen molar-refractivity contribution in [1.82, 2.24) is 4.90 Å². The SMILES string of the molecule is CCCCCCCCCCCCCCCCCC(=O)OC(C)N(CCC(=O)OC)C(C)OC(=O)CCCCCCCCCCCCCCCCC. The molecule has 0 amide bonds. The van der Waals surface area contributed by atoms with Gasteiger partial charge in [-0.05, 0) is 26.7 Å². The Morgan fingerprint density at radius 2 is 0.647 bits per heavy atom. The van der Waals surface area contributed by atoms with Crippen molar-refractivity contribution in [2.75, 3.05) is 13.7 Å². The Morgan fingerprint density at radius 1 is 0.392 bits per heavy atom. The van der Waals surface area contributed by atoms with Crippen molar-refractivity contribution in [3.63, 3.8) is 0 Å². The third-order valence-corrected chi connectivity index (χ3v) is 10.3. The zero-order valence-electron chi connectivity index (χ0n) is 34.6. The van der Waals surface area contributed by atoms with Gasteiger partial charge in [0.05, 0.1) is 13.5 Å². The van der Waals surface area contributed by atoms with E-state index in [9.17, 15) is 14.4 Å². The number of carbonyl (C=O) groups is 3. The molecule has 0 aliphatic heterocycles. The first kappa shape index (κ1) is 49.4. The molecule has 7 heteroatoms. The molecular weight excluding hydrogens is 638 g/mol. The number of methoxy groups -OCH3 is 1. The molecule has 0 N–H and O–H groups in total. The van der Waals surface area contributed by atoms with Crippen LogP contribution >= 0.6 is 0 Å². The molecule has 0 bridgehead atoms. The Kier molecular flexibility index (Phi) is 36.9. The Bertz CT molecular complexity index is 736. The Labute approximate surface area is 316 Å². The molecular formula is C44H85NO6. The summed E-state index contributed by atoms with van der Waals surface area (Å²) in [4.78, 5) is 38.9. The first-order valence-corrected chi connectivity index (χ1v) is 22.1. The van der Waals surface area contributed by atoms with E-state index in [0.717, 1.165) is 38.5 Å². The lowest BCUT2D eigenvalue weighted by atomic mass is 10.0. The molecule has 0 fully saturated rings. The zero-order chi connectivity index (χ0) is 37.6. The van der Waals surface area contributed by atoms with Crippen LogP contribution in [0.1, 0.15) is 240 Å². The normalized spacial score (nSPS) is 12.6. The lowest BCUT2D eigenvalue weighted by molar-refractivity contribution is -0.180. The number of unbranched alkanes of at least 4 members (excludes halogenated alkanes) is 28. The summed E-state index contributed by atoms with van der Waals surface area (Å²) in [5.74, 6) is -0.860. The van der Waals surface area contributed by atoms with Crippen LogP contribution in [0.15, 0.2) is 0 Å². The van der Waals surface area contributed by atoms with E-state index >= 15 is 0 Å². The van der Waals surface area contributed by atoms with E-state index in [0.29, 0.717) is 12.8 Å². The van der Waals surface area contributed by atoms with E-state index in [1.807, 2.05) is 0 Å². The standard InChI is InChI=1S/C44H85NO6/c1-6-8-10-12-14-16-18-20-22-24-26-28-30-32-34-36-43(47)50-40(3)45(39-38-42(46)49-5)41(4)51-44(48)37-35-33-31-29-27-25-23-21-19-17-15-13-11-9-7-2/h40-41H,6-39H2,1-5H3. The predicted octanol–water partition coefficient (Wildman–Crippen LogP) is 13.2. The number of hydrogen-bond acceptors (Lipinski definition) is 7. The van der Waals surface area contributed by atoms with Crippen molar-refractivity contribution in [3.8, 4) is 0 Å². The fourth-order valence-electron chi connectivity index (χ4n) is 6.90. The first-order chi connectivity index (χ1) is 24.8. The van der Waals surface area contributed by atoms with Crippen LogP contribution in [0.4, 0.5) is 0 Å². The summed E-state index contributed by atoms with van der Waals surface area (Å²) in [6.07, 6.45) is 38.1. The minimum absolute atomic E-state index is 0.123. The van der Waals surface area contributed by atoms with Gasteiger partial charge in [-0.15, -0.1) is 0 Å². The maximum Gasteiger partial charge on any atom is 0.307 e. The summed E-state index contributed by atoms with van der Waals surface area (Å²) >= 11 is 0. The molecule has 0 heterocycles. The summed E-state index contributed by atoms with van der Waals surface area (Å²) in [6, 6.07) is 0. The van der Waals surface area contributed by atoms with Crippen LogP contribution in [0.2, 0.25) is 0 Å². The molecule has 0 aliphatic carbocycles. The summed E-state index contributed by atoms with van der Waals surface area (Å²) in [5, 5.41) is 0. The molecule has 2 unspecified atom stereocenters. The second-order valence-electron chi connectivity index (χ2n) is 15.1. The topological polar surface area (TPSA) is 82.1 Å². The number of carbonyl (C=O) groups excluding carboxylic acids is 3. The smallest absolute Gasteiger partial charge is 0.307 e. The van der Waals surface area contributed by atoms with E-state index in [1.54, 1.807) is 18.7 Å². The van der Waals surface area contributed by atoms with E-state index < -0.39 is 12.5 Å². The molecule has 0 aromatic carbocycles. The quantitative estimate of drug-likeness (QED) is 0.0270. The molecule has 0 saturated heterocycles. The van der Waals surface area contributed by atoms with Crippen molar-refractivity contribution in [2.45, 2.75) is 252 Å². The fourth-order valence-corrected chi connectivity index (χ4v) is 6.90. The van der Waals surface area contributed by atoms with Crippen LogP contribution in [-0.2, 0) is 28.6 Å². The summed E-state index contributed by atoms with van der Waals surface area (Å²) < 4.78 is 16.3. The predicted molar refractivity (Wildman–Crippen MR) is 214 cm³/mol. The van der Waals surface area contributed by atoms with Crippen molar-refractivity contribution >= 4 is 17.9 Å². The van der Waals surface area contributed by atoms with Crippen LogP contribution in [0, 0.1) is 0 Å². The molecule has 0 saturated carbocycles. The molecule has 7 nitrogen and oxygen atoms in total. The first-order valence-electron chi connectivity index (χ1n) is 22.1. The van der Waals surface area contributed by atoms with Crippen LogP contribution < -0.4 is 0 Å². The summed E-state index contributed by atoms with van der Waals surface area (Å²) in [6.45, 7) is 8.37. The van der Waals surface area contributed by atoms with Crippen molar-refractivity contribution in [1.29, 1.82) is 0 Å². The molecule has 0 spiro atoms. The molecule has 0 aliphatic rings. The van der Waals surface area contributed by atoms with Crippen LogP contribution in [0.25, 0.3) is 0 Å². The van der Waals surface area contributed by atoms with E-state index in [4.69, 9.17) is 14.2 Å². The highest BCUT2D eigenvalue weighted by Gasteiger charge is 2.26. The largest absolute Gasteiger partial charge is 0.469 e. The minimum atomic E-state index is -0.618. The summed E-state index contributed by atoms with van der Waals surface area (Å²) in [7, 11) is 1.36. The Balaban J connectivity index is 4.11. The van der Waals surface area contributed by atoms with E-state index in [2.05, 4.69) is 13.8 Å². The number of ether oxygens (including phenoxy) is 3. The van der Waals surface area contributed by atoms with Crippen molar-refractivity contribution in [3.05, 3.63) is 0 Å². The van der Waals surface area contributed by atoms with E-state index in [-0.39, 0.29) is 30.9 Å². The maximum atomic E-state index is 12.7. The van der Waals surface area contributed by atoms with Gasteiger partial charge in [0.1, 0.15) is 0 Å². The zero-order valence-corrected chi connectivity index (χ0v) is 34.6. The minimum Gasteiger partial charge on any atom is -0.469 e. The third-order valence-electron chi connectivity index (χ3n) is 10.3. The van der Waals surface area contributed by atoms with Gasteiger partial charge in [0.25, 0.3) is 0 Å². The third kappa shape index (κ3) is 33.9. The van der Waals surface area contributed by atoms with Gasteiger partial charge in [0.15, 0.2) is 12.5 Å². The maximum absolute atomic E-state index is 12.7. The Hall–Kier alpha value is -1.63. The average Bonchev–Trinajstić information content (AvgIpc) is 3.11. The monoisotopic (exact) mass is 724 g/mol. The van der Waals surface area contributed by atoms with Gasteiger partial charge in [-0.2, -0.15) is 0 Å². The van der Waals surface area contributed by atoms with Gasteiger partial charge in [-0.3, -0.25) is 14.4 Å². The highest BCUT2D eigenvalue weighted by Crippen LogP contribution is 2.17. The summed E-state index contributed by atoms with van der Waals surface area (Å²) in [5.41, 5.74) is 0. The molecule has 0 rings (SSSR count). The highest BCUT2D eigenvalue weighted by atomic mass is 16.6. The lowest BCUT2D eigenvalue weighted by Gasteiger charge is -2.33. The Morgan fingerprint density at radius 3 is 0.902 bits per heavy atom.